The Bertz CT molecular complexity index is 731. The summed E-state index contributed by atoms with van der Waals surface area (Å²) in [4.78, 5) is 33.4. The Morgan fingerprint density at radius 2 is 2.17 bits per heavy atom. The van der Waals surface area contributed by atoms with Crippen molar-refractivity contribution < 1.29 is 9.59 Å². The van der Waals surface area contributed by atoms with E-state index in [0.717, 1.165) is 15.6 Å². The smallest absolute Gasteiger partial charge is 0.318 e. The summed E-state index contributed by atoms with van der Waals surface area (Å²) in [5.74, 6) is -0.0347. The predicted molar refractivity (Wildman–Crippen MR) is 94.0 cm³/mol. The van der Waals surface area contributed by atoms with Crippen LogP contribution in [-0.2, 0) is 11.3 Å². The number of aromatic nitrogens is 1. The number of aryl methyl sites for hydroxylation is 1. The van der Waals surface area contributed by atoms with E-state index in [-0.39, 0.29) is 11.9 Å². The van der Waals surface area contributed by atoms with Crippen LogP contribution in [0, 0.1) is 6.92 Å². The molecule has 3 amide bonds. The van der Waals surface area contributed by atoms with Crippen LogP contribution >= 0.6 is 11.3 Å². The van der Waals surface area contributed by atoms with Crippen LogP contribution in [0.25, 0.3) is 0 Å². The first-order chi connectivity index (χ1) is 11.6. The fourth-order valence-corrected chi connectivity index (χ4v) is 3.54. The van der Waals surface area contributed by atoms with Crippen molar-refractivity contribution in [3.05, 3.63) is 46.4 Å². The average Bonchev–Trinajstić information content (AvgIpc) is 3.18. The van der Waals surface area contributed by atoms with Crippen molar-refractivity contribution in [3.63, 3.8) is 0 Å². The summed E-state index contributed by atoms with van der Waals surface area (Å²) in [6, 6.07) is 8.89. The van der Waals surface area contributed by atoms with Crippen LogP contribution in [-0.4, -0.2) is 41.5 Å². The molecule has 126 valence electrons. The number of anilines is 1. The number of likely N-dealkylation sites (N-methyl/N-ethyl adjacent to an activating group) is 1. The van der Waals surface area contributed by atoms with Crippen molar-refractivity contribution in [2.75, 3.05) is 18.5 Å². The molecule has 1 aromatic carbocycles. The van der Waals surface area contributed by atoms with E-state index in [1.165, 1.54) is 4.90 Å². The van der Waals surface area contributed by atoms with Crippen molar-refractivity contribution in [2.24, 2.45) is 0 Å². The van der Waals surface area contributed by atoms with Gasteiger partial charge in [0.05, 0.1) is 11.6 Å². The number of hydrogen-bond acceptors (Lipinski definition) is 4. The van der Waals surface area contributed by atoms with Crippen LogP contribution < -0.4 is 10.2 Å². The van der Waals surface area contributed by atoms with Gasteiger partial charge in [-0.25, -0.2) is 9.78 Å². The van der Waals surface area contributed by atoms with E-state index >= 15 is 0 Å². The van der Waals surface area contributed by atoms with Crippen molar-refractivity contribution in [1.29, 1.82) is 0 Å². The maximum atomic E-state index is 12.6. The third-order valence-electron chi connectivity index (χ3n) is 4.12. The number of thiazole rings is 1. The molecule has 2 aromatic rings. The number of rotatable bonds is 4. The molecular weight excluding hydrogens is 324 g/mol. The highest BCUT2D eigenvalue weighted by Gasteiger charge is 2.37. The standard InChI is InChI=1S/C17H20N4O2S/c1-12-18-10-14(24-12)11-19-17(23)20(2)15-8-9-21(16(15)22)13-6-4-3-5-7-13/h3-7,10,15H,8-9,11H2,1-2H3,(H,19,23)/t15-/m0/s1. The van der Waals surface area contributed by atoms with E-state index in [1.807, 2.05) is 37.3 Å². The van der Waals surface area contributed by atoms with Gasteiger partial charge in [-0.05, 0) is 25.5 Å². The molecule has 1 aromatic heterocycles. The van der Waals surface area contributed by atoms with E-state index in [4.69, 9.17) is 0 Å². The van der Waals surface area contributed by atoms with Gasteiger partial charge in [0.1, 0.15) is 6.04 Å². The molecular formula is C17H20N4O2S. The Morgan fingerprint density at radius 1 is 1.42 bits per heavy atom. The van der Waals surface area contributed by atoms with Gasteiger partial charge in [0.25, 0.3) is 0 Å². The molecule has 1 atom stereocenters. The zero-order valence-electron chi connectivity index (χ0n) is 13.7. The van der Waals surface area contributed by atoms with Gasteiger partial charge in [-0.1, -0.05) is 18.2 Å². The van der Waals surface area contributed by atoms with E-state index in [9.17, 15) is 9.59 Å². The summed E-state index contributed by atoms with van der Waals surface area (Å²) in [7, 11) is 1.67. The highest BCUT2D eigenvalue weighted by Crippen LogP contribution is 2.23. The molecule has 1 aliphatic rings. The third kappa shape index (κ3) is 3.41. The third-order valence-corrected chi connectivity index (χ3v) is 5.03. The number of carbonyl (C=O) groups is 2. The largest absolute Gasteiger partial charge is 0.333 e. The molecule has 3 rings (SSSR count). The number of urea groups is 1. The Labute approximate surface area is 145 Å². The summed E-state index contributed by atoms with van der Waals surface area (Å²) in [6.45, 7) is 2.98. The minimum absolute atomic E-state index is 0.0347. The molecule has 1 saturated heterocycles. The van der Waals surface area contributed by atoms with Crippen LogP contribution in [0.15, 0.2) is 36.5 Å². The topological polar surface area (TPSA) is 65.5 Å². The lowest BCUT2D eigenvalue weighted by molar-refractivity contribution is -0.120. The zero-order chi connectivity index (χ0) is 17.1. The number of carbonyl (C=O) groups excluding carboxylic acids is 2. The Hall–Kier alpha value is -2.41. The molecule has 7 heteroatoms. The van der Waals surface area contributed by atoms with E-state index < -0.39 is 6.04 Å². The molecule has 0 radical (unpaired) electrons. The summed E-state index contributed by atoms with van der Waals surface area (Å²) < 4.78 is 0. The normalized spacial score (nSPS) is 17.2. The average molecular weight is 344 g/mol. The van der Waals surface area contributed by atoms with Crippen molar-refractivity contribution >= 4 is 29.0 Å². The lowest BCUT2D eigenvalue weighted by Gasteiger charge is -2.24. The molecule has 0 unspecified atom stereocenters. The quantitative estimate of drug-likeness (QED) is 0.926. The number of para-hydroxylation sites is 1. The summed E-state index contributed by atoms with van der Waals surface area (Å²) in [6.07, 6.45) is 2.40. The maximum absolute atomic E-state index is 12.6. The van der Waals surface area contributed by atoms with Crippen LogP contribution in [0.5, 0.6) is 0 Å². The predicted octanol–water partition coefficient (Wildman–Crippen LogP) is 2.40. The molecule has 1 aliphatic heterocycles. The molecule has 0 saturated carbocycles. The second-order valence-corrected chi connectivity index (χ2v) is 7.06. The van der Waals surface area contributed by atoms with Gasteiger partial charge in [-0.3, -0.25) is 4.79 Å². The number of nitrogens with one attached hydrogen (secondary N) is 1. The Balaban J connectivity index is 1.59. The van der Waals surface area contributed by atoms with Gasteiger partial charge in [-0.15, -0.1) is 11.3 Å². The van der Waals surface area contributed by atoms with Crippen molar-refractivity contribution in [2.45, 2.75) is 25.9 Å². The van der Waals surface area contributed by atoms with Crippen molar-refractivity contribution in [1.82, 2.24) is 15.2 Å². The van der Waals surface area contributed by atoms with Gasteiger partial charge in [0.15, 0.2) is 0 Å². The second-order valence-electron chi connectivity index (χ2n) is 5.75. The van der Waals surface area contributed by atoms with Gasteiger partial charge in [0.2, 0.25) is 5.91 Å². The first-order valence-electron chi connectivity index (χ1n) is 7.84. The Kier molecular flexibility index (Phi) is 4.80. The fraction of sp³-hybridized carbons (Fsp3) is 0.353. The molecule has 6 nitrogen and oxygen atoms in total. The number of amides is 3. The summed E-state index contributed by atoms with van der Waals surface area (Å²) in [5, 5.41) is 3.82. The van der Waals surface area contributed by atoms with Gasteiger partial charge in [0, 0.05) is 30.4 Å². The minimum atomic E-state index is -0.423. The molecule has 0 spiro atoms. The lowest BCUT2D eigenvalue weighted by atomic mass is 10.2. The van der Waals surface area contributed by atoms with E-state index in [0.29, 0.717) is 19.5 Å². The van der Waals surface area contributed by atoms with Crippen LogP contribution in [0.2, 0.25) is 0 Å². The van der Waals surface area contributed by atoms with E-state index in [1.54, 1.807) is 29.5 Å². The summed E-state index contributed by atoms with van der Waals surface area (Å²) in [5.41, 5.74) is 0.874. The molecule has 2 heterocycles. The SMILES string of the molecule is Cc1ncc(CNC(=O)N(C)[C@H]2CCN(c3ccccc3)C2=O)s1. The van der Waals surface area contributed by atoms with Gasteiger partial charge < -0.3 is 15.1 Å². The first-order valence-corrected chi connectivity index (χ1v) is 8.66. The second kappa shape index (κ2) is 7.00. The lowest BCUT2D eigenvalue weighted by Crippen LogP contribution is -2.47. The summed E-state index contributed by atoms with van der Waals surface area (Å²) >= 11 is 1.55. The van der Waals surface area contributed by atoms with Gasteiger partial charge >= 0.3 is 6.03 Å². The molecule has 0 aliphatic carbocycles. The van der Waals surface area contributed by atoms with Crippen LogP contribution in [0.3, 0.4) is 0 Å². The van der Waals surface area contributed by atoms with E-state index in [2.05, 4.69) is 10.3 Å². The number of benzene rings is 1. The molecule has 24 heavy (non-hydrogen) atoms. The van der Waals surface area contributed by atoms with Crippen LogP contribution in [0.4, 0.5) is 10.5 Å². The zero-order valence-corrected chi connectivity index (χ0v) is 14.5. The van der Waals surface area contributed by atoms with Crippen molar-refractivity contribution in [3.8, 4) is 0 Å². The number of nitrogens with zero attached hydrogens (tertiary/aromatic N) is 3. The minimum Gasteiger partial charge on any atom is -0.333 e. The molecule has 1 N–H and O–H groups in total. The van der Waals surface area contributed by atoms with Gasteiger partial charge in [-0.2, -0.15) is 0 Å². The highest BCUT2D eigenvalue weighted by atomic mass is 32.1. The highest BCUT2D eigenvalue weighted by molar-refractivity contribution is 7.11. The first kappa shape index (κ1) is 16.4. The Morgan fingerprint density at radius 3 is 2.83 bits per heavy atom. The molecule has 1 fully saturated rings. The molecule has 0 bridgehead atoms. The van der Waals surface area contributed by atoms with Crippen LogP contribution in [0.1, 0.15) is 16.3 Å². The maximum Gasteiger partial charge on any atom is 0.318 e. The monoisotopic (exact) mass is 344 g/mol. The number of hydrogen-bond donors (Lipinski definition) is 1. The fourth-order valence-electron chi connectivity index (χ4n) is 2.80.